The van der Waals surface area contributed by atoms with E-state index in [1.807, 2.05) is 0 Å². The first kappa shape index (κ1) is 4.57. The number of fused-ring (bicyclic) bond motifs is 2. The quantitative estimate of drug-likeness (QED) is 0.417. The monoisotopic (exact) mass is 109 g/mol. The van der Waals surface area contributed by atoms with Gasteiger partial charge in [0, 0.05) is 12.6 Å². The number of hydrogen-bond donors (Lipinski definition) is 0. The highest BCUT2D eigenvalue weighted by Gasteiger charge is 2.30. The molecule has 1 heteroatoms. The summed E-state index contributed by atoms with van der Waals surface area (Å²) >= 11 is 0. The van der Waals surface area contributed by atoms with Gasteiger partial charge in [-0.1, -0.05) is 12.2 Å². The highest BCUT2D eigenvalue weighted by molar-refractivity contribution is 5.11. The van der Waals surface area contributed by atoms with Crippen LogP contribution in [-0.2, 0) is 0 Å². The van der Waals surface area contributed by atoms with E-state index in [0.717, 1.165) is 12.0 Å². The molecule has 1 nitrogen and oxygen atoms in total. The van der Waals surface area contributed by atoms with Gasteiger partial charge < -0.3 is 0 Å². The lowest BCUT2D eigenvalue weighted by molar-refractivity contribution is 0.345. The highest BCUT2D eigenvalue weighted by Crippen LogP contribution is 2.29. The third-order valence-electron chi connectivity index (χ3n) is 2.24. The Labute approximate surface area is 50.0 Å². The van der Waals surface area contributed by atoms with Gasteiger partial charge in [0.2, 0.25) is 0 Å². The molecule has 0 amide bonds. The van der Waals surface area contributed by atoms with Gasteiger partial charge in [0.25, 0.3) is 0 Å². The van der Waals surface area contributed by atoms with Crippen LogP contribution < -0.4 is 0 Å². The zero-order chi connectivity index (χ0) is 5.56. The van der Waals surface area contributed by atoms with E-state index in [-0.39, 0.29) is 0 Å². The van der Waals surface area contributed by atoms with Crippen molar-refractivity contribution in [2.45, 2.75) is 12.5 Å². The molecule has 1 fully saturated rings. The smallest absolute Gasteiger partial charge is 0.0281 e. The fraction of sp³-hybridized carbons (Fsp3) is 0.714. The van der Waals surface area contributed by atoms with Crippen molar-refractivity contribution in [3.05, 3.63) is 12.2 Å². The van der Waals surface area contributed by atoms with Crippen molar-refractivity contribution in [3.8, 4) is 0 Å². The Morgan fingerprint density at radius 2 is 2.38 bits per heavy atom. The molecule has 2 rings (SSSR count). The lowest BCUT2D eigenvalue weighted by atomic mass is 10.2. The van der Waals surface area contributed by atoms with Gasteiger partial charge in [-0.15, -0.1) is 0 Å². The van der Waals surface area contributed by atoms with Crippen LogP contribution in [-0.4, -0.2) is 24.5 Å². The summed E-state index contributed by atoms with van der Waals surface area (Å²) in [6, 6.07) is 0.792. The molecule has 2 bridgehead atoms. The first-order valence-electron chi connectivity index (χ1n) is 3.25. The summed E-state index contributed by atoms with van der Waals surface area (Å²) < 4.78 is 0. The van der Waals surface area contributed by atoms with Crippen LogP contribution in [0.15, 0.2) is 12.2 Å². The normalized spacial score (nSPS) is 44.1. The molecular formula is C7H11N. The Kier molecular flexibility index (Phi) is 0.770. The zero-order valence-electron chi connectivity index (χ0n) is 5.17. The van der Waals surface area contributed by atoms with Crippen LogP contribution in [0, 0.1) is 5.92 Å². The molecular weight excluding hydrogens is 98.1 g/mol. The minimum absolute atomic E-state index is 0.792. The van der Waals surface area contributed by atoms with Crippen LogP contribution in [0.2, 0.25) is 0 Å². The maximum absolute atomic E-state index is 2.42. The second-order valence-corrected chi connectivity index (χ2v) is 2.89. The van der Waals surface area contributed by atoms with Crippen LogP contribution in [0.4, 0.5) is 0 Å². The molecule has 1 saturated heterocycles. The Balaban J connectivity index is 2.23. The maximum atomic E-state index is 2.42. The molecule has 1 heterocycles. The van der Waals surface area contributed by atoms with E-state index in [1.54, 1.807) is 0 Å². The summed E-state index contributed by atoms with van der Waals surface area (Å²) in [5.74, 6) is 0.894. The Bertz CT molecular complexity index is 128. The maximum Gasteiger partial charge on any atom is 0.0281 e. The van der Waals surface area contributed by atoms with Gasteiger partial charge in [-0.3, -0.25) is 4.90 Å². The van der Waals surface area contributed by atoms with Gasteiger partial charge in [0.1, 0.15) is 0 Å². The van der Waals surface area contributed by atoms with E-state index in [4.69, 9.17) is 0 Å². The van der Waals surface area contributed by atoms with Gasteiger partial charge in [0.15, 0.2) is 0 Å². The van der Waals surface area contributed by atoms with Crippen molar-refractivity contribution in [1.29, 1.82) is 0 Å². The van der Waals surface area contributed by atoms with E-state index >= 15 is 0 Å². The number of likely N-dealkylation sites (N-methyl/N-ethyl adjacent to an activating group) is 1. The van der Waals surface area contributed by atoms with Crippen LogP contribution in [0.3, 0.4) is 0 Å². The molecule has 0 N–H and O–H groups in total. The first-order chi connectivity index (χ1) is 3.86. The number of hydrogen-bond acceptors (Lipinski definition) is 1. The SMILES string of the molecule is CN1C[C@H]2C=C[C@@H]1C2. The van der Waals surface area contributed by atoms with E-state index in [1.165, 1.54) is 13.0 Å². The van der Waals surface area contributed by atoms with Crippen LogP contribution >= 0.6 is 0 Å². The second kappa shape index (κ2) is 1.35. The van der Waals surface area contributed by atoms with E-state index < -0.39 is 0 Å². The Morgan fingerprint density at radius 1 is 1.50 bits per heavy atom. The molecule has 0 aromatic heterocycles. The summed E-state index contributed by atoms with van der Waals surface area (Å²) in [6.07, 6.45) is 6.06. The number of nitrogens with zero attached hydrogens (tertiary/aromatic N) is 1. The van der Waals surface area contributed by atoms with E-state index in [2.05, 4.69) is 24.1 Å². The highest BCUT2D eigenvalue weighted by atomic mass is 15.2. The van der Waals surface area contributed by atoms with Gasteiger partial charge >= 0.3 is 0 Å². The van der Waals surface area contributed by atoms with Crippen LogP contribution in [0.1, 0.15) is 6.42 Å². The summed E-state index contributed by atoms with van der Waals surface area (Å²) in [5.41, 5.74) is 0. The average molecular weight is 109 g/mol. The van der Waals surface area contributed by atoms with Crippen molar-refractivity contribution < 1.29 is 0 Å². The summed E-state index contributed by atoms with van der Waals surface area (Å²) in [6.45, 7) is 1.29. The molecule has 0 radical (unpaired) electrons. The molecule has 0 aromatic rings. The second-order valence-electron chi connectivity index (χ2n) is 2.89. The van der Waals surface area contributed by atoms with Crippen molar-refractivity contribution in [2.75, 3.05) is 13.6 Å². The number of likely N-dealkylation sites (tertiary alicyclic amines) is 1. The predicted octanol–water partition coefficient (Wildman–Crippen LogP) is 0.876. The minimum Gasteiger partial charge on any atom is -0.299 e. The summed E-state index contributed by atoms with van der Waals surface area (Å²) in [4.78, 5) is 2.42. The summed E-state index contributed by atoms with van der Waals surface area (Å²) in [5, 5.41) is 0. The average Bonchev–Trinajstić information content (AvgIpc) is 2.23. The molecule has 2 atom stereocenters. The van der Waals surface area contributed by atoms with Crippen LogP contribution in [0.5, 0.6) is 0 Å². The Hall–Kier alpha value is -0.300. The van der Waals surface area contributed by atoms with Gasteiger partial charge in [-0.2, -0.15) is 0 Å². The minimum atomic E-state index is 0.792. The van der Waals surface area contributed by atoms with Crippen LogP contribution in [0.25, 0.3) is 0 Å². The van der Waals surface area contributed by atoms with Gasteiger partial charge in [0.05, 0.1) is 0 Å². The molecule has 0 spiro atoms. The molecule has 0 aromatic carbocycles. The Morgan fingerprint density at radius 3 is 2.62 bits per heavy atom. The van der Waals surface area contributed by atoms with Gasteiger partial charge in [-0.25, -0.2) is 0 Å². The third kappa shape index (κ3) is 0.451. The fourth-order valence-electron chi connectivity index (χ4n) is 1.72. The van der Waals surface area contributed by atoms with Gasteiger partial charge in [-0.05, 0) is 19.4 Å². The standard InChI is InChI=1S/C7H11N/c1-8-5-6-2-3-7(8)4-6/h2-3,6-7H,4-5H2,1H3/t6-,7+/m0/s1. The van der Waals surface area contributed by atoms with E-state index in [0.29, 0.717) is 0 Å². The fourth-order valence-corrected chi connectivity index (χ4v) is 1.72. The first-order valence-corrected chi connectivity index (χ1v) is 3.25. The molecule has 0 unspecified atom stereocenters. The third-order valence-corrected chi connectivity index (χ3v) is 2.24. The topological polar surface area (TPSA) is 3.24 Å². The zero-order valence-corrected chi connectivity index (χ0v) is 5.17. The molecule has 2 aliphatic rings. The lowest BCUT2D eigenvalue weighted by Crippen LogP contribution is -2.24. The largest absolute Gasteiger partial charge is 0.299 e. The molecule has 8 heavy (non-hydrogen) atoms. The van der Waals surface area contributed by atoms with Crippen molar-refractivity contribution in [1.82, 2.24) is 4.90 Å². The predicted molar refractivity (Wildman–Crippen MR) is 33.7 cm³/mol. The molecule has 1 aliphatic heterocycles. The molecule has 44 valence electrons. The van der Waals surface area contributed by atoms with Crippen molar-refractivity contribution >= 4 is 0 Å². The number of rotatable bonds is 0. The summed E-state index contributed by atoms with van der Waals surface area (Å²) in [7, 11) is 2.20. The lowest BCUT2D eigenvalue weighted by Gasteiger charge is -2.16. The van der Waals surface area contributed by atoms with E-state index in [9.17, 15) is 0 Å². The van der Waals surface area contributed by atoms with Crippen molar-refractivity contribution in [2.24, 2.45) is 5.92 Å². The van der Waals surface area contributed by atoms with Crippen molar-refractivity contribution in [3.63, 3.8) is 0 Å². The molecule has 0 saturated carbocycles. The molecule has 1 aliphatic carbocycles.